The number of anilines is 1. The Balaban J connectivity index is 1.51. The van der Waals surface area contributed by atoms with Crippen molar-refractivity contribution < 1.29 is 23.1 Å². The first-order valence-corrected chi connectivity index (χ1v) is 11.3. The van der Waals surface area contributed by atoms with Gasteiger partial charge in [0.05, 0.1) is 24.6 Å². The Labute approximate surface area is 198 Å². The van der Waals surface area contributed by atoms with Crippen LogP contribution in [-0.4, -0.2) is 47.5 Å². The summed E-state index contributed by atoms with van der Waals surface area (Å²) in [7, 11) is 0. The van der Waals surface area contributed by atoms with E-state index in [1.807, 2.05) is 30.3 Å². The lowest BCUT2D eigenvalue weighted by Gasteiger charge is -2.29. The van der Waals surface area contributed by atoms with E-state index in [1.54, 1.807) is 35.4 Å². The van der Waals surface area contributed by atoms with Gasteiger partial charge in [-0.3, -0.25) is 4.79 Å². The van der Waals surface area contributed by atoms with Crippen molar-refractivity contribution in [2.75, 3.05) is 25.0 Å². The molecule has 0 radical (unpaired) electrons. The summed E-state index contributed by atoms with van der Waals surface area (Å²) >= 11 is 0. The quantitative estimate of drug-likeness (QED) is 0.499. The van der Waals surface area contributed by atoms with Crippen molar-refractivity contribution in [2.45, 2.75) is 32.0 Å². The van der Waals surface area contributed by atoms with Crippen molar-refractivity contribution in [1.29, 1.82) is 0 Å². The van der Waals surface area contributed by atoms with Crippen molar-refractivity contribution in [3.8, 4) is 0 Å². The van der Waals surface area contributed by atoms with E-state index in [0.717, 1.165) is 18.4 Å². The number of halogens is 1. The number of ether oxygens (including phenoxy) is 1. The van der Waals surface area contributed by atoms with Gasteiger partial charge >= 0.3 is 6.03 Å². The van der Waals surface area contributed by atoms with Gasteiger partial charge in [0.15, 0.2) is 0 Å². The molecule has 0 bridgehead atoms. The number of nitrogens with one attached hydrogen (secondary N) is 1. The van der Waals surface area contributed by atoms with E-state index in [-0.39, 0.29) is 37.3 Å². The normalized spacial score (nSPS) is 15.1. The summed E-state index contributed by atoms with van der Waals surface area (Å²) in [5.74, 6) is -0.143. The van der Waals surface area contributed by atoms with Gasteiger partial charge in [0, 0.05) is 19.7 Å². The summed E-state index contributed by atoms with van der Waals surface area (Å²) in [6.07, 6.45) is 3.11. The summed E-state index contributed by atoms with van der Waals surface area (Å²) in [5, 5.41) is 2.59. The molecule has 178 valence electrons. The second-order valence-electron chi connectivity index (χ2n) is 8.24. The van der Waals surface area contributed by atoms with Crippen LogP contribution in [0.4, 0.5) is 14.9 Å². The Morgan fingerprint density at radius 2 is 1.76 bits per heavy atom. The molecule has 2 heterocycles. The molecule has 2 aromatic carbocycles. The number of rotatable bonds is 9. The first kappa shape index (κ1) is 23.5. The highest BCUT2D eigenvalue weighted by Crippen LogP contribution is 2.18. The van der Waals surface area contributed by atoms with Gasteiger partial charge in [-0.15, -0.1) is 0 Å². The molecular formula is C26H28FN3O4. The van der Waals surface area contributed by atoms with Gasteiger partial charge < -0.3 is 24.3 Å². The van der Waals surface area contributed by atoms with Gasteiger partial charge in [0.1, 0.15) is 18.1 Å². The number of para-hydroxylation sites is 1. The third-order valence-corrected chi connectivity index (χ3v) is 5.67. The Kier molecular flexibility index (Phi) is 7.93. The van der Waals surface area contributed by atoms with Crippen LogP contribution in [-0.2, 0) is 22.6 Å². The van der Waals surface area contributed by atoms with Crippen molar-refractivity contribution in [3.63, 3.8) is 0 Å². The molecule has 1 aliphatic heterocycles. The molecule has 0 aliphatic carbocycles. The highest BCUT2D eigenvalue weighted by atomic mass is 19.1. The standard InChI is InChI=1S/C26H28FN3O4/c27-23-12-4-5-13-24(23)28-26(32)30(18-22-11-7-15-34-22)19-25(31)29(17-21-10-6-14-33-21)16-20-8-2-1-3-9-20/h1-6,8-10,12-14,22H,7,11,15-19H2,(H,28,32). The Bertz CT molecular complexity index is 1070. The Morgan fingerprint density at radius 1 is 0.971 bits per heavy atom. The monoisotopic (exact) mass is 465 g/mol. The van der Waals surface area contributed by atoms with Crippen LogP contribution in [0, 0.1) is 5.82 Å². The van der Waals surface area contributed by atoms with Gasteiger partial charge in [-0.05, 0) is 42.7 Å². The molecule has 1 atom stereocenters. The highest BCUT2D eigenvalue weighted by molar-refractivity contribution is 5.92. The van der Waals surface area contributed by atoms with Crippen LogP contribution in [0.25, 0.3) is 0 Å². The minimum absolute atomic E-state index is 0.0639. The average molecular weight is 466 g/mol. The van der Waals surface area contributed by atoms with Gasteiger partial charge in [-0.25, -0.2) is 9.18 Å². The lowest BCUT2D eigenvalue weighted by atomic mass is 10.2. The number of amides is 3. The third-order valence-electron chi connectivity index (χ3n) is 5.67. The van der Waals surface area contributed by atoms with Crippen LogP contribution in [0.1, 0.15) is 24.2 Å². The fraction of sp³-hybridized carbons (Fsp3) is 0.308. The topological polar surface area (TPSA) is 75.0 Å². The number of hydrogen-bond donors (Lipinski definition) is 1. The minimum atomic E-state index is -0.549. The summed E-state index contributed by atoms with van der Waals surface area (Å²) in [6.45, 7) is 1.33. The molecule has 1 saturated heterocycles. The van der Waals surface area contributed by atoms with E-state index in [2.05, 4.69) is 5.32 Å². The smallest absolute Gasteiger partial charge is 0.322 e. The number of benzene rings is 2. The molecule has 34 heavy (non-hydrogen) atoms. The van der Waals surface area contributed by atoms with Crippen molar-refractivity contribution in [3.05, 3.63) is 90.1 Å². The van der Waals surface area contributed by atoms with E-state index < -0.39 is 11.8 Å². The second-order valence-corrected chi connectivity index (χ2v) is 8.24. The molecule has 1 unspecified atom stereocenters. The van der Waals surface area contributed by atoms with E-state index in [4.69, 9.17) is 9.15 Å². The molecule has 1 N–H and O–H groups in total. The van der Waals surface area contributed by atoms with Crippen LogP contribution in [0.2, 0.25) is 0 Å². The van der Waals surface area contributed by atoms with E-state index in [0.29, 0.717) is 18.9 Å². The molecule has 4 rings (SSSR count). The summed E-state index contributed by atoms with van der Waals surface area (Å²) < 4.78 is 25.3. The summed E-state index contributed by atoms with van der Waals surface area (Å²) in [6, 6.07) is 18.6. The number of carbonyl (C=O) groups is 2. The molecule has 0 spiro atoms. The van der Waals surface area contributed by atoms with E-state index >= 15 is 0 Å². The minimum Gasteiger partial charge on any atom is -0.467 e. The molecule has 1 aromatic heterocycles. The maximum Gasteiger partial charge on any atom is 0.322 e. The summed E-state index contributed by atoms with van der Waals surface area (Å²) in [5.41, 5.74) is 1.03. The van der Waals surface area contributed by atoms with Crippen LogP contribution in [0.5, 0.6) is 0 Å². The molecule has 8 heteroatoms. The van der Waals surface area contributed by atoms with Gasteiger partial charge in [-0.2, -0.15) is 0 Å². The first-order chi connectivity index (χ1) is 16.6. The second kappa shape index (κ2) is 11.5. The highest BCUT2D eigenvalue weighted by Gasteiger charge is 2.27. The number of carbonyl (C=O) groups excluding carboxylic acids is 2. The predicted octanol–water partition coefficient (Wildman–Crippen LogP) is 4.66. The zero-order valence-corrected chi connectivity index (χ0v) is 18.9. The first-order valence-electron chi connectivity index (χ1n) is 11.3. The molecule has 1 aliphatic rings. The number of hydrogen-bond acceptors (Lipinski definition) is 4. The van der Waals surface area contributed by atoms with Gasteiger partial charge in [-0.1, -0.05) is 42.5 Å². The molecule has 0 saturated carbocycles. The van der Waals surface area contributed by atoms with Crippen molar-refractivity contribution in [1.82, 2.24) is 9.80 Å². The van der Waals surface area contributed by atoms with Gasteiger partial charge in [0.25, 0.3) is 0 Å². The Hall–Kier alpha value is -3.65. The number of furan rings is 1. The van der Waals surface area contributed by atoms with E-state index in [9.17, 15) is 14.0 Å². The molecule has 3 amide bonds. The number of nitrogens with zero attached hydrogens (tertiary/aromatic N) is 2. The maximum absolute atomic E-state index is 14.1. The van der Waals surface area contributed by atoms with Crippen molar-refractivity contribution >= 4 is 17.6 Å². The lowest BCUT2D eigenvalue weighted by Crippen LogP contribution is -2.47. The molecule has 1 fully saturated rings. The van der Waals surface area contributed by atoms with Crippen molar-refractivity contribution in [2.24, 2.45) is 0 Å². The van der Waals surface area contributed by atoms with E-state index in [1.165, 1.54) is 17.0 Å². The van der Waals surface area contributed by atoms with Crippen LogP contribution < -0.4 is 5.32 Å². The van der Waals surface area contributed by atoms with Gasteiger partial charge in [0.2, 0.25) is 5.91 Å². The van der Waals surface area contributed by atoms with Crippen LogP contribution >= 0.6 is 0 Å². The largest absolute Gasteiger partial charge is 0.467 e. The van der Waals surface area contributed by atoms with Crippen LogP contribution in [0.15, 0.2) is 77.4 Å². The predicted molar refractivity (Wildman–Crippen MR) is 125 cm³/mol. The summed E-state index contributed by atoms with van der Waals surface area (Å²) in [4.78, 5) is 29.6. The fourth-order valence-electron chi connectivity index (χ4n) is 3.90. The molecule has 7 nitrogen and oxygen atoms in total. The fourth-order valence-corrected chi connectivity index (χ4v) is 3.90. The SMILES string of the molecule is O=C(CN(CC1CCCO1)C(=O)Nc1ccccc1F)N(Cc1ccccc1)Cc1ccco1. The average Bonchev–Trinajstić information content (AvgIpc) is 3.55. The Morgan fingerprint density at radius 3 is 2.47 bits per heavy atom. The molecule has 3 aromatic rings. The molecular weight excluding hydrogens is 437 g/mol. The zero-order valence-electron chi connectivity index (χ0n) is 18.9. The third kappa shape index (κ3) is 6.45. The number of urea groups is 1. The zero-order chi connectivity index (χ0) is 23.8. The lowest BCUT2D eigenvalue weighted by molar-refractivity contribution is -0.133. The maximum atomic E-state index is 14.1. The van der Waals surface area contributed by atoms with Crippen LogP contribution in [0.3, 0.4) is 0 Å².